The van der Waals surface area contributed by atoms with Gasteiger partial charge >= 0.3 is 0 Å². The van der Waals surface area contributed by atoms with E-state index in [0.717, 1.165) is 19.4 Å². The molecule has 2 aliphatic rings. The number of carbonyl (C=O) groups excluding carboxylic acids is 1. The van der Waals surface area contributed by atoms with Crippen molar-refractivity contribution < 1.29 is 18.3 Å². The molecule has 0 spiro atoms. The number of aliphatic hydroxyl groups excluding tert-OH is 1. The normalized spacial score (nSPS) is 34.0. The Morgan fingerprint density at radius 3 is 2.75 bits per heavy atom. The van der Waals surface area contributed by atoms with E-state index in [0.29, 0.717) is 19.6 Å². The predicted molar refractivity (Wildman–Crippen MR) is 74.8 cm³/mol. The molecule has 20 heavy (non-hydrogen) atoms. The van der Waals surface area contributed by atoms with Gasteiger partial charge in [0.25, 0.3) is 0 Å². The number of aliphatic hydroxyl groups is 1. The number of amides is 1. The Morgan fingerprint density at radius 1 is 1.40 bits per heavy atom. The fourth-order valence-electron chi connectivity index (χ4n) is 3.02. The number of piperidine rings is 1. The topological polar surface area (TPSA) is 113 Å². The van der Waals surface area contributed by atoms with E-state index in [9.17, 15) is 18.3 Å². The van der Waals surface area contributed by atoms with Crippen LogP contribution in [0, 0.1) is 5.92 Å². The number of nitrogens with two attached hydrogens (primary N) is 1. The van der Waals surface area contributed by atoms with Crippen molar-refractivity contribution in [3.63, 3.8) is 0 Å². The zero-order chi connectivity index (χ0) is 14.8. The standard InChI is InChI=1S/C12H23N3O4S/c13-3-4-14-12(17)9-2-1-5-15(6-9)10-7-20(18,19)8-11(10)16/h9-11,16H,1-8,13H2,(H,14,17). The quantitative estimate of drug-likeness (QED) is 0.550. The summed E-state index contributed by atoms with van der Waals surface area (Å²) in [6, 6.07) is -0.370. The summed E-state index contributed by atoms with van der Waals surface area (Å²) in [5, 5.41) is 12.7. The van der Waals surface area contributed by atoms with E-state index in [-0.39, 0.29) is 29.4 Å². The third-order valence-electron chi connectivity index (χ3n) is 4.03. The van der Waals surface area contributed by atoms with Crippen LogP contribution in [0.2, 0.25) is 0 Å². The van der Waals surface area contributed by atoms with Crippen molar-refractivity contribution in [1.29, 1.82) is 0 Å². The Kier molecular flexibility index (Phi) is 5.00. The highest BCUT2D eigenvalue weighted by atomic mass is 32.2. The smallest absolute Gasteiger partial charge is 0.224 e. The summed E-state index contributed by atoms with van der Waals surface area (Å²) in [5.41, 5.74) is 5.36. The lowest BCUT2D eigenvalue weighted by atomic mass is 9.95. The maximum atomic E-state index is 12.0. The Bertz CT molecular complexity index is 454. The van der Waals surface area contributed by atoms with Crippen molar-refractivity contribution in [3.8, 4) is 0 Å². The van der Waals surface area contributed by atoms with Crippen LogP contribution in [0.25, 0.3) is 0 Å². The first kappa shape index (κ1) is 15.7. The van der Waals surface area contributed by atoms with Crippen molar-refractivity contribution in [2.45, 2.75) is 25.0 Å². The number of hydrogen-bond acceptors (Lipinski definition) is 6. The zero-order valence-electron chi connectivity index (χ0n) is 11.5. The van der Waals surface area contributed by atoms with E-state index >= 15 is 0 Å². The van der Waals surface area contributed by atoms with Gasteiger partial charge in [-0.05, 0) is 19.4 Å². The van der Waals surface area contributed by atoms with Gasteiger partial charge in [-0.1, -0.05) is 0 Å². The average Bonchev–Trinajstić information content (AvgIpc) is 2.69. The monoisotopic (exact) mass is 305 g/mol. The molecule has 4 N–H and O–H groups in total. The van der Waals surface area contributed by atoms with Gasteiger partial charge in [0.1, 0.15) is 0 Å². The molecule has 0 bridgehead atoms. The van der Waals surface area contributed by atoms with Gasteiger partial charge in [0.2, 0.25) is 5.91 Å². The second-order valence-corrected chi connectivity index (χ2v) is 7.78. The molecule has 0 aromatic rings. The molecule has 7 nitrogen and oxygen atoms in total. The Hall–Kier alpha value is -0.700. The first-order valence-corrected chi connectivity index (χ1v) is 8.85. The molecule has 2 fully saturated rings. The molecule has 2 rings (SSSR count). The van der Waals surface area contributed by atoms with Crippen molar-refractivity contribution in [1.82, 2.24) is 10.2 Å². The third-order valence-corrected chi connectivity index (χ3v) is 5.73. The Labute approximate surface area is 119 Å². The number of sulfone groups is 1. The lowest BCUT2D eigenvalue weighted by Gasteiger charge is -2.36. The van der Waals surface area contributed by atoms with E-state index in [4.69, 9.17) is 5.73 Å². The summed E-state index contributed by atoms with van der Waals surface area (Å²) in [7, 11) is -3.15. The summed E-state index contributed by atoms with van der Waals surface area (Å²) in [5.74, 6) is -0.356. The molecule has 2 aliphatic heterocycles. The molecule has 1 amide bonds. The molecule has 3 unspecified atom stereocenters. The zero-order valence-corrected chi connectivity index (χ0v) is 12.3. The summed E-state index contributed by atoms with van der Waals surface area (Å²) in [6.45, 7) is 2.10. The molecule has 0 radical (unpaired) electrons. The molecular weight excluding hydrogens is 282 g/mol. The van der Waals surface area contributed by atoms with Crippen LogP contribution in [0.15, 0.2) is 0 Å². The molecule has 2 heterocycles. The van der Waals surface area contributed by atoms with Crippen LogP contribution in [0.4, 0.5) is 0 Å². The molecule has 3 atom stereocenters. The van der Waals surface area contributed by atoms with Crippen LogP contribution in [0.5, 0.6) is 0 Å². The van der Waals surface area contributed by atoms with Crippen molar-refractivity contribution in [3.05, 3.63) is 0 Å². The fourth-order valence-corrected chi connectivity index (χ4v) is 4.85. The van der Waals surface area contributed by atoms with Gasteiger partial charge in [-0.3, -0.25) is 9.69 Å². The minimum Gasteiger partial charge on any atom is -0.390 e. The summed E-state index contributed by atoms with van der Waals surface area (Å²) >= 11 is 0. The number of nitrogens with one attached hydrogen (secondary N) is 1. The van der Waals surface area contributed by atoms with Crippen LogP contribution >= 0.6 is 0 Å². The summed E-state index contributed by atoms with van der Waals surface area (Å²) < 4.78 is 23.1. The van der Waals surface area contributed by atoms with Gasteiger partial charge in [-0.15, -0.1) is 0 Å². The first-order valence-electron chi connectivity index (χ1n) is 7.03. The number of likely N-dealkylation sites (tertiary alicyclic amines) is 1. The number of rotatable bonds is 4. The highest BCUT2D eigenvalue weighted by Gasteiger charge is 2.41. The predicted octanol–water partition coefficient (Wildman–Crippen LogP) is -2.07. The van der Waals surface area contributed by atoms with E-state index < -0.39 is 15.9 Å². The fraction of sp³-hybridized carbons (Fsp3) is 0.917. The van der Waals surface area contributed by atoms with Gasteiger partial charge in [-0.25, -0.2) is 8.42 Å². The van der Waals surface area contributed by atoms with Crippen molar-refractivity contribution >= 4 is 15.7 Å². The lowest BCUT2D eigenvalue weighted by molar-refractivity contribution is -0.127. The first-order chi connectivity index (χ1) is 9.43. The molecule has 0 aliphatic carbocycles. The molecule has 8 heteroatoms. The second-order valence-electron chi connectivity index (χ2n) is 5.63. The summed E-state index contributed by atoms with van der Waals surface area (Å²) in [6.07, 6.45) is 0.790. The molecular formula is C12H23N3O4S. The highest BCUT2D eigenvalue weighted by Crippen LogP contribution is 2.24. The van der Waals surface area contributed by atoms with Gasteiger partial charge in [0.15, 0.2) is 9.84 Å². The maximum absolute atomic E-state index is 12.0. The molecule has 116 valence electrons. The molecule has 0 aromatic carbocycles. The average molecular weight is 305 g/mol. The van der Waals surface area contributed by atoms with Gasteiger partial charge in [-0.2, -0.15) is 0 Å². The van der Waals surface area contributed by atoms with Crippen molar-refractivity contribution in [2.24, 2.45) is 11.7 Å². The van der Waals surface area contributed by atoms with Crippen LogP contribution in [0.3, 0.4) is 0 Å². The molecule has 2 saturated heterocycles. The third kappa shape index (κ3) is 3.69. The largest absolute Gasteiger partial charge is 0.390 e. The van der Waals surface area contributed by atoms with E-state index in [2.05, 4.69) is 5.32 Å². The van der Waals surface area contributed by atoms with E-state index in [1.54, 1.807) is 0 Å². The summed E-state index contributed by atoms with van der Waals surface area (Å²) in [4.78, 5) is 13.9. The van der Waals surface area contributed by atoms with Crippen LogP contribution in [-0.4, -0.2) is 74.2 Å². The van der Waals surface area contributed by atoms with E-state index in [1.165, 1.54) is 0 Å². The van der Waals surface area contributed by atoms with Gasteiger partial charge in [0, 0.05) is 19.6 Å². The SMILES string of the molecule is NCCNC(=O)C1CCCN(C2CS(=O)(=O)CC2O)C1. The van der Waals surface area contributed by atoms with E-state index in [1.807, 2.05) is 4.90 Å². The van der Waals surface area contributed by atoms with Gasteiger partial charge in [0.05, 0.1) is 29.6 Å². The van der Waals surface area contributed by atoms with Crippen molar-refractivity contribution in [2.75, 3.05) is 37.7 Å². The molecule has 0 aromatic heterocycles. The maximum Gasteiger partial charge on any atom is 0.224 e. The number of nitrogens with zero attached hydrogens (tertiary/aromatic N) is 1. The minimum absolute atomic E-state index is 0.00863. The Balaban J connectivity index is 1.95. The lowest BCUT2D eigenvalue weighted by Crippen LogP contribution is -2.51. The van der Waals surface area contributed by atoms with Crippen LogP contribution in [0.1, 0.15) is 12.8 Å². The van der Waals surface area contributed by atoms with Crippen LogP contribution < -0.4 is 11.1 Å². The molecule has 0 saturated carbocycles. The number of hydrogen-bond donors (Lipinski definition) is 3. The number of carbonyl (C=O) groups is 1. The van der Waals surface area contributed by atoms with Gasteiger partial charge < -0.3 is 16.2 Å². The minimum atomic E-state index is -3.15. The Morgan fingerprint density at radius 2 is 2.15 bits per heavy atom. The second kappa shape index (κ2) is 6.38. The highest BCUT2D eigenvalue weighted by molar-refractivity contribution is 7.91. The van der Waals surface area contributed by atoms with Crippen LogP contribution in [-0.2, 0) is 14.6 Å².